The number of methoxy groups -OCH3 is 1. The number of anilines is 1. The van der Waals surface area contributed by atoms with Gasteiger partial charge in [0.05, 0.1) is 12.4 Å². The lowest BCUT2D eigenvalue weighted by Gasteiger charge is -2.13. The van der Waals surface area contributed by atoms with E-state index in [1.165, 1.54) is 36.0 Å². The topological polar surface area (TPSA) is 69.0 Å². The molecule has 1 N–H and O–H groups in total. The number of carbonyl (C=O) groups is 1. The molecule has 0 unspecified atom stereocenters. The van der Waals surface area contributed by atoms with E-state index in [9.17, 15) is 9.18 Å². The average Bonchev–Trinajstić information content (AvgIpc) is 3.12. The van der Waals surface area contributed by atoms with Crippen molar-refractivity contribution in [2.24, 2.45) is 0 Å². The van der Waals surface area contributed by atoms with Crippen molar-refractivity contribution in [2.75, 3.05) is 12.4 Å². The maximum atomic E-state index is 13.0. The lowest BCUT2D eigenvalue weighted by molar-refractivity contribution is -0.115. The Labute approximate surface area is 172 Å². The van der Waals surface area contributed by atoms with Crippen LogP contribution < -0.4 is 10.1 Å². The second kappa shape index (κ2) is 9.38. The number of amides is 1. The number of hydrogen-bond acceptors (Lipinski definition) is 5. The fraction of sp³-hybridized carbons (Fsp3) is 0.190. The van der Waals surface area contributed by atoms with Crippen LogP contribution in [0, 0.1) is 5.82 Å². The summed E-state index contributed by atoms with van der Waals surface area (Å²) < 4.78 is 20.1. The van der Waals surface area contributed by atoms with E-state index in [2.05, 4.69) is 22.1 Å². The summed E-state index contributed by atoms with van der Waals surface area (Å²) in [6.45, 7) is 6.08. The van der Waals surface area contributed by atoms with Crippen LogP contribution in [0.4, 0.5) is 10.1 Å². The van der Waals surface area contributed by atoms with Gasteiger partial charge >= 0.3 is 0 Å². The molecule has 3 rings (SSSR count). The van der Waals surface area contributed by atoms with Crippen molar-refractivity contribution in [3.05, 3.63) is 67.0 Å². The molecule has 1 heterocycles. The molecule has 3 aromatic rings. The standard InChI is InChI=1S/C21H21FN4O2S/c1-4-13-26-19(15-5-11-18(28-3)12-6-15)24-25-21(26)29-14(2)20(27)23-17-9-7-16(22)8-10-17/h4-12,14H,1,13H2,2-3H3,(H,23,27)/t14-/m0/s1. The van der Waals surface area contributed by atoms with Crippen LogP contribution >= 0.6 is 11.8 Å². The number of carbonyl (C=O) groups excluding carboxylic acids is 1. The second-order valence-corrected chi connectivity index (χ2v) is 7.50. The number of nitrogens with zero attached hydrogens (tertiary/aromatic N) is 3. The highest BCUT2D eigenvalue weighted by Gasteiger charge is 2.20. The maximum absolute atomic E-state index is 13.0. The summed E-state index contributed by atoms with van der Waals surface area (Å²) in [7, 11) is 1.61. The average molecular weight is 412 g/mol. The molecule has 0 saturated carbocycles. The molecule has 0 spiro atoms. The zero-order valence-electron chi connectivity index (χ0n) is 16.1. The zero-order valence-corrected chi connectivity index (χ0v) is 16.9. The Hall–Kier alpha value is -3.13. The highest BCUT2D eigenvalue weighted by atomic mass is 32.2. The molecule has 29 heavy (non-hydrogen) atoms. The molecule has 1 amide bonds. The van der Waals surface area contributed by atoms with Crippen LogP contribution in [-0.2, 0) is 11.3 Å². The molecule has 0 saturated heterocycles. The molecule has 6 nitrogen and oxygen atoms in total. The van der Waals surface area contributed by atoms with Crippen LogP contribution in [0.15, 0.2) is 66.3 Å². The molecular formula is C21H21FN4O2S. The Morgan fingerprint density at radius 2 is 1.93 bits per heavy atom. The minimum atomic E-state index is -0.434. The number of allylic oxidation sites excluding steroid dienone is 1. The molecule has 0 aliphatic rings. The monoisotopic (exact) mass is 412 g/mol. The smallest absolute Gasteiger partial charge is 0.237 e. The molecule has 8 heteroatoms. The summed E-state index contributed by atoms with van der Waals surface area (Å²) in [4.78, 5) is 12.5. The van der Waals surface area contributed by atoms with Crippen molar-refractivity contribution in [1.29, 1.82) is 0 Å². The number of ether oxygens (including phenoxy) is 1. The highest BCUT2D eigenvalue weighted by molar-refractivity contribution is 8.00. The van der Waals surface area contributed by atoms with Crippen molar-refractivity contribution in [1.82, 2.24) is 14.8 Å². The third-order valence-electron chi connectivity index (χ3n) is 4.14. The van der Waals surface area contributed by atoms with Gasteiger partial charge in [0.2, 0.25) is 5.91 Å². The first-order valence-corrected chi connectivity index (χ1v) is 9.81. The van der Waals surface area contributed by atoms with E-state index in [1.54, 1.807) is 20.1 Å². The predicted molar refractivity (Wildman–Crippen MR) is 113 cm³/mol. The summed E-state index contributed by atoms with van der Waals surface area (Å²) in [5, 5.41) is 11.5. The van der Waals surface area contributed by atoms with Crippen molar-refractivity contribution in [3.8, 4) is 17.1 Å². The summed E-state index contributed by atoms with van der Waals surface area (Å²) in [5.41, 5.74) is 1.42. The minimum absolute atomic E-state index is 0.208. The van der Waals surface area contributed by atoms with E-state index in [0.29, 0.717) is 23.2 Å². The van der Waals surface area contributed by atoms with Crippen LogP contribution in [0.2, 0.25) is 0 Å². The van der Waals surface area contributed by atoms with Gasteiger partial charge in [-0.05, 0) is 55.5 Å². The Morgan fingerprint density at radius 1 is 1.24 bits per heavy atom. The van der Waals surface area contributed by atoms with E-state index >= 15 is 0 Å². The third kappa shape index (κ3) is 5.03. The Bertz CT molecular complexity index is 987. The van der Waals surface area contributed by atoms with E-state index < -0.39 is 5.25 Å². The van der Waals surface area contributed by atoms with Crippen LogP contribution in [0.25, 0.3) is 11.4 Å². The van der Waals surface area contributed by atoms with Gasteiger partial charge in [-0.15, -0.1) is 16.8 Å². The van der Waals surface area contributed by atoms with Crippen LogP contribution in [-0.4, -0.2) is 33.0 Å². The fourth-order valence-electron chi connectivity index (χ4n) is 2.61. The summed E-state index contributed by atoms with van der Waals surface area (Å²) >= 11 is 1.29. The van der Waals surface area contributed by atoms with Crippen LogP contribution in [0.5, 0.6) is 5.75 Å². The van der Waals surface area contributed by atoms with Crippen molar-refractivity contribution < 1.29 is 13.9 Å². The summed E-state index contributed by atoms with van der Waals surface area (Å²) in [6, 6.07) is 13.2. The van der Waals surface area contributed by atoms with Gasteiger partial charge in [-0.25, -0.2) is 4.39 Å². The number of halogens is 1. The first kappa shape index (κ1) is 20.6. The molecule has 2 aromatic carbocycles. The second-order valence-electron chi connectivity index (χ2n) is 6.19. The number of aromatic nitrogens is 3. The van der Waals surface area contributed by atoms with Crippen LogP contribution in [0.3, 0.4) is 0 Å². The normalized spacial score (nSPS) is 11.7. The Balaban J connectivity index is 1.77. The van der Waals surface area contributed by atoms with Gasteiger partial charge in [0, 0.05) is 17.8 Å². The molecule has 150 valence electrons. The summed E-state index contributed by atoms with van der Waals surface area (Å²) in [6.07, 6.45) is 1.75. The number of thioether (sulfide) groups is 1. The number of nitrogens with one attached hydrogen (secondary N) is 1. The SMILES string of the molecule is C=CCn1c(S[C@@H](C)C(=O)Nc2ccc(F)cc2)nnc1-c1ccc(OC)cc1. The molecule has 0 aliphatic carbocycles. The molecule has 1 aromatic heterocycles. The third-order valence-corrected chi connectivity index (χ3v) is 5.22. The number of benzene rings is 2. The van der Waals surface area contributed by atoms with Gasteiger partial charge in [0.25, 0.3) is 0 Å². The summed E-state index contributed by atoms with van der Waals surface area (Å²) in [5.74, 6) is 0.875. The maximum Gasteiger partial charge on any atom is 0.237 e. The van der Waals surface area contributed by atoms with Crippen molar-refractivity contribution in [3.63, 3.8) is 0 Å². The fourth-order valence-corrected chi connectivity index (χ4v) is 3.47. The van der Waals surface area contributed by atoms with Gasteiger partial charge in [-0.3, -0.25) is 9.36 Å². The molecular weight excluding hydrogens is 391 g/mol. The Morgan fingerprint density at radius 3 is 2.55 bits per heavy atom. The van der Waals surface area contributed by atoms with Crippen molar-refractivity contribution in [2.45, 2.75) is 23.9 Å². The molecule has 0 bridgehead atoms. The van der Waals surface area contributed by atoms with Crippen molar-refractivity contribution >= 4 is 23.4 Å². The van der Waals surface area contributed by atoms with Gasteiger partial charge in [-0.2, -0.15) is 0 Å². The van der Waals surface area contributed by atoms with Gasteiger partial charge in [-0.1, -0.05) is 17.8 Å². The van der Waals surface area contributed by atoms with Crippen LogP contribution in [0.1, 0.15) is 6.92 Å². The molecule has 0 aliphatic heterocycles. The number of hydrogen-bond donors (Lipinski definition) is 1. The largest absolute Gasteiger partial charge is 0.497 e. The predicted octanol–water partition coefficient (Wildman–Crippen LogP) is 4.40. The highest BCUT2D eigenvalue weighted by Crippen LogP contribution is 2.28. The lowest BCUT2D eigenvalue weighted by atomic mass is 10.2. The van der Waals surface area contributed by atoms with Gasteiger partial charge in [0.15, 0.2) is 11.0 Å². The van der Waals surface area contributed by atoms with Gasteiger partial charge < -0.3 is 10.1 Å². The minimum Gasteiger partial charge on any atom is -0.497 e. The first-order valence-electron chi connectivity index (χ1n) is 8.93. The zero-order chi connectivity index (χ0) is 20.8. The number of rotatable bonds is 8. The molecule has 0 radical (unpaired) electrons. The first-order chi connectivity index (χ1) is 14.0. The molecule has 0 fully saturated rings. The van der Waals surface area contributed by atoms with E-state index in [-0.39, 0.29) is 11.7 Å². The van der Waals surface area contributed by atoms with Gasteiger partial charge in [0.1, 0.15) is 11.6 Å². The quantitative estimate of drug-likeness (QED) is 0.439. The van der Waals surface area contributed by atoms with E-state index in [0.717, 1.165) is 11.3 Å². The Kier molecular flexibility index (Phi) is 6.66. The van der Waals surface area contributed by atoms with E-state index in [4.69, 9.17) is 4.74 Å². The lowest BCUT2D eigenvalue weighted by Crippen LogP contribution is -2.23. The van der Waals surface area contributed by atoms with E-state index in [1.807, 2.05) is 28.8 Å². The molecule has 1 atom stereocenters.